The van der Waals surface area contributed by atoms with Gasteiger partial charge in [-0.3, -0.25) is 4.79 Å². The lowest BCUT2D eigenvalue weighted by atomic mass is 10.1. The number of benzene rings is 1. The lowest BCUT2D eigenvalue weighted by Crippen LogP contribution is -2.67. The normalized spacial score (nSPS) is 13.7. The molecule has 0 spiro atoms. The summed E-state index contributed by atoms with van der Waals surface area (Å²) in [5.41, 5.74) is 4.25. The summed E-state index contributed by atoms with van der Waals surface area (Å²) in [7, 11) is 0. The zero-order valence-corrected chi connectivity index (χ0v) is 10.1. The van der Waals surface area contributed by atoms with E-state index in [1.807, 2.05) is 0 Å². The van der Waals surface area contributed by atoms with Gasteiger partial charge in [0.05, 0.1) is 0 Å². The Morgan fingerprint density at radius 2 is 1.89 bits per heavy atom. The van der Waals surface area contributed by atoms with Gasteiger partial charge in [0.2, 0.25) is 0 Å². The van der Waals surface area contributed by atoms with Crippen molar-refractivity contribution in [2.75, 3.05) is 0 Å². The molecule has 0 heterocycles. The largest absolute Gasteiger partial charge is 0.508 e. The van der Waals surface area contributed by atoms with Crippen molar-refractivity contribution < 1.29 is 25.5 Å². The molecule has 0 aliphatic heterocycles. The molecule has 1 aromatic carbocycles. The summed E-state index contributed by atoms with van der Waals surface area (Å²) < 4.78 is 0. The van der Waals surface area contributed by atoms with Crippen LogP contribution in [-0.4, -0.2) is 34.2 Å². The molecule has 0 saturated heterocycles. The quantitative estimate of drug-likeness (QED) is 0.546. The van der Waals surface area contributed by atoms with E-state index in [0.717, 1.165) is 5.56 Å². The van der Waals surface area contributed by atoms with Gasteiger partial charge in [0.15, 0.2) is 6.04 Å². The molecule has 0 aliphatic rings. The first-order valence-electron chi connectivity index (χ1n) is 5.54. The van der Waals surface area contributed by atoms with Crippen molar-refractivity contribution in [1.82, 2.24) is 5.32 Å². The van der Waals surface area contributed by atoms with Crippen LogP contribution in [0.25, 0.3) is 0 Å². The summed E-state index contributed by atoms with van der Waals surface area (Å²) in [6.45, 7) is 1.59. The molecule has 1 aromatic rings. The summed E-state index contributed by atoms with van der Waals surface area (Å²) in [6.07, 6.45) is 0.161. The fourth-order valence-corrected chi connectivity index (χ4v) is 1.38. The SMILES string of the molecule is C[C@H]([NH3+])C(=O)N[C@@H](Cc1ccc(O)cc1)C(=O)O. The molecular formula is C12H17N2O4+. The van der Waals surface area contributed by atoms with Crippen LogP contribution in [-0.2, 0) is 16.0 Å². The Morgan fingerprint density at radius 1 is 1.33 bits per heavy atom. The summed E-state index contributed by atoms with van der Waals surface area (Å²) >= 11 is 0. The first-order chi connectivity index (χ1) is 8.40. The fraction of sp³-hybridized carbons (Fsp3) is 0.333. The van der Waals surface area contributed by atoms with Crippen molar-refractivity contribution in [2.45, 2.75) is 25.4 Å². The third-order valence-corrected chi connectivity index (χ3v) is 2.44. The van der Waals surface area contributed by atoms with Gasteiger partial charge in [-0.25, -0.2) is 4.79 Å². The van der Waals surface area contributed by atoms with Crippen LogP contribution in [0.5, 0.6) is 5.75 Å². The molecule has 6 heteroatoms. The van der Waals surface area contributed by atoms with Crippen LogP contribution in [0, 0.1) is 0 Å². The lowest BCUT2D eigenvalue weighted by molar-refractivity contribution is -0.398. The number of rotatable bonds is 5. The van der Waals surface area contributed by atoms with Crippen LogP contribution < -0.4 is 11.1 Å². The van der Waals surface area contributed by atoms with Gasteiger partial charge in [0.1, 0.15) is 11.8 Å². The van der Waals surface area contributed by atoms with E-state index in [2.05, 4.69) is 11.1 Å². The van der Waals surface area contributed by atoms with Crippen LogP contribution >= 0.6 is 0 Å². The Kier molecular flexibility index (Phi) is 4.67. The highest BCUT2D eigenvalue weighted by Gasteiger charge is 2.23. The number of carboxylic acid groups (broad SMARTS) is 1. The number of hydrogen-bond donors (Lipinski definition) is 4. The van der Waals surface area contributed by atoms with Crippen LogP contribution in [0.2, 0.25) is 0 Å². The molecule has 0 aliphatic carbocycles. The number of phenolic OH excluding ortho intramolecular Hbond substituents is 1. The monoisotopic (exact) mass is 253 g/mol. The lowest BCUT2D eigenvalue weighted by Gasteiger charge is -2.15. The van der Waals surface area contributed by atoms with Crippen LogP contribution in [0.4, 0.5) is 0 Å². The third kappa shape index (κ3) is 4.06. The maximum Gasteiger partial charge on any atom is 0.326 e. The van der Waals surface area contributed by atoms with E-state index in [0.29, 0.717) is 0 Å². The van der Waals surface area contributed by atoms with Crippen LogP contribution in [0.1, 0.15) is 12.5 Å². The first-order valence-corrected chi connectivity index (χ1v) is 5.54. The van der Waals surface area contributed by atoms with E-state index < -0.39 is 24.0 Å². The van der Waals surface area contributed by atoms with Gasteiger partial charge < -0.3 is 21.3 Å². The number of carbonyl (C=O) groups excluding carboxylic acids is 1. The number of carboxylic acids is 1. The standard InChI is InChI=1S/C12H16N2O4/c1-7(13)11(16)14-10(12(17)18)6-8-2-4-9(15)5-3-8/h2-5,7,10,15H,6,13H2,1H3,(H,14,16)(H,17,18)/p+1/t7-,10-/m0/s1. The Hall–Kier alpha value is -2.08. The van der Waals surface area contributed by atoms with E-state index in [-0.39, 0.29) is 12.2 Å². The number of phenols is 1. The second-order valence-electron chi connectivity index (χ2n) is 4.17. The number of carbonyl (C=O) groups is 2. The van der Waals surface area contributed by atoms with Gasteiger partial charge in [0.25, 0.3) is 5.91 Å². The summed E-state index contributed by atoms with van der Waals surface area (Å²) in [4.78, 5) is 22.5. The molecule has 1 amide bonds. The zero-order chi connectivity index (χ0) is 13.7. The Morgan fingerprint density at radius 3 is 2.33 bits per heavy atom. The highest BCUT2D eigenvalue weighted by molar-refractivity contribution is 5.85. The second-order valence-corrected chi connectivity index (χ2v) is 4.17. The van der Waals surface area contributed by atoms with E-state index >= 15 is 0 Å². The molecule has 0 unspecified atom stereocenters. The van der Waals surface area contributed by atoms with E-state index in [1.54, 1.807) is 19.1 Å². The molecule has 6 nitrogen and oxygen atoms in total. The molecule has 98 valence electrons. The Labute approximate surface area is 104 Å². The minimum absolute atomic E-state index is 0.112. The van der Waals surface area contributed by atoms with Crippen molar-refractivity contribution in [3.05, 3.63) is 29.8 Å². The molecule has 0 fully saturated rings. The topological polar surface area (TPSA) is 114 Å². The summed E-state index contributed by atoms with van der Waals surface area (Å²) in [5.74, 6) is -1.39. The minimum Gasteiger partial charge on any atom is -0.508 e. The zero-order valence-electron chi connectivity index (χ0n) is 10.1. The van der Waals surface area contributed by atoms with Gasteiger partial charge in [-0.15, -0.1) is 0 Å². The number of amides is 1. The van der Waals surface area contributed by atoms with Gasteiger partial charge in [-0.05, 0) is 24.6 Å². The molecule has 0 saturated carbocycles. The van der Waals surface area contributed by atoms with Crippen molar-refractivity contribution in [1.29, 1.82) is 0 Å². The average molecular weight is 253 g/mol. The van der Waals surface area contributed by atoms with Crippen molar-refractivity contribution >= 4 is 11.9 Å². The molecular weight excluding hydrogens is 236 g/mol. The van der Waals surface area contributed by atoms with E-state index in [1.165, 1.54) is 12.1 Å². The smallest absolute Gasteiger partial charge is 0.326 e. The van der Waals surface area contributed by atoms with Crippen molar-refractivity contribution in [3.63, 3.8) is 0 Å². The van der Waals surface area contributed by atoms with Crippen LogP contribution in [0.15, 0.2) is 24.3 Å². The molecule has 2 atom stereocenters. The molecule has 6 N–H and O–H groups in total. The number of quaternary nitrogens is 1. The summed E-state index contributed by atoms with van der Waals surface area (Å²) in [6, 6.07) is 4.67. The summed E-state index contributed by atoms with van der Waals surface area (Å²) in [5, 5.41) is 20.6. The van der Waals surface area contributed by atoms with Crippen LogP contribution in [0.3, 0.4) is 0 Å². The maximum atomic E-state index is 11.4. The highest BCUT2D eigenvalue weighted by atomic mass is 16.4. The van der Waals surface area contributed by atoms with Gasteiger partial charge >= 0.3 is 5.97 Å². The third-order valence-electron chi connectivity index (χ3n) is 2.44. The van der Waals surface area contributed by atoms with Gasteiger partial charge in [-0.1, -0.05) is 12.1 Å². The average Bonchev–Trinajstić information content (AvgIpc) is 2.30. The molecule has 0 radical (unpaired) electrons. The minimum atomic E-state index is -1.10. The molecule has 18 heavy (non-hydrogen) atoms. The predicted octanol–water partition coefficient (Wildman–Crippen LogP) is -0.865. The molecule has 0 aromatic heterocycles. The number of aromatic hydroxyl groups is 1. The fourth-order valence-electron chi connectivity index (χ4n) is 1.38. The Balaban J connectivity index is 2.72. The highest BCUT2D eigenvalue weighted by Crippen LogP contribution is 2.11. The van der Waals surface area contributed by atoms with E-state index in [9.17, 15) is 9.59 Å². The number of aliphatic carboxylic acids is 1. The second kappa shape index (κ2) is 6.02. The molecule has 1 rings (SSSR count). The van der Waals surface area contributed by atoms with E-state index in [4.69, 9.17) is 10.2 Å². The van der Waals surface area contributed by atoms with Crippen molar-refractivity contribution in [2.24, 2.45) is 0 Å². The number of hydrogen-bond acceptors (Lipinski definition) is 3. The Bertz CT molecular complexity index is 428. The van der Waals surface area contributed by atoms with Gasteiger partial charge in [0, 0.05) is 6.42 Å². The maximum absolute atomic E-state index is 11.4. The number of nitrogens with one attached hydrogen (secondary N) is 1. The first kappa shape index (κ1) is 14.0. The van der Waals surface area contributed by atoms with Gasteiger partial charge in [-0.2, -0.15) is 0 Å². The molecule has 0 bridgehead atoms. The van der Waals surface area contributed by atoms with Crippen molar-refractivity contribution in [3.8, 4) is 5.75 Å². The predicted molar refractivity (Wildman–Crippen MR) is 63.7 cm³/mol.